The molecular formula is C23H24N2S. The average molecular weight is 361 g/mol. The lowest BCUT2D eigenvalue weighted by molar-refractivity contribution is 0.412. The highest BCUT2D eigenvalue weighted by Crippen LogP contribution is 2.16. The Bertz CT molecular complexity index is 857. The molecule has 3 rings (SSSR count). The quantitative estimate of drug-likeness (QED) is 0.587. The Hall–Kier alpha value is -2.65. The first-order valence-electron chi connectivity index (χ1n) is 8.83. The van der Waals surface area contributed by atoms with Gasteiger partial charge >= 0.3 is 0 Å². The summed E-state index contributed by atoms with van der Waals surface area (Å²) in [5.74, 6) is 0. The molecular weight excluding hydrogens is 336 g/mol. The van der Waals surface area contributed by atoms with Crippen LogP contribution in [-0.2, 0) is 13.1 Å². The van der Waals surface area contributed by atoms with Crippen LogP contribution in [0.2, 0.25) is 0 Å². The first-order valence-corrected chi connectivity index (χ1v) is 9.23. The lowest BCUT2D eigenvalue weighted by Crippen LogP contribution is -2.34. The summed E-state index contributed by atoms with van der Waals surface area (Å²) >= 11 is 5.75. The fraction of sp³-hybridized carbons (Fsp3) is 0.174. The van der Waals surface area contributed by atoms with Gasteiger partial charge in [-0.1, -0.05) is 72.3 Å². The summed E-state index contributed by atoms with van der Waals surface area (Å²) < 4.78 is 0. The van der Waals surface area contributed by atoms with Gasteiger partial charge in [-0.05, 0) is 54.9 Å². The van der Waals surface area contributed by atoms with Gasteiger partial charge in [0.1, 0.15) is 0 Å². The molecule has 0 unspecified atom stereocenters. The Balaban J connectivity index is 1.80. The smallest absolute Gasteiger partial charge is 0.174 e. The largest absolute Gasteiger partial charge is 0.340 e. The van der Waals surface area contributed by atoms with Gasteiger partial charge in [-0.2, -0.15) is 0 Å². The number of nitrogens with zero attached hydrogens (tertiary/aromatic N) is 1. The van der Waals surface area contributed by atoms with Gasteiger partial charge in [-0.3, -0.25) is 0 Å². The monoisotopic (exact) mass is 360 g/mol. The zero-order chi connectivity index (χ0) is 18.4. The van der Waals surface area contributed by atoms with Crippen molar-refractivity contribution in [3.05, 3.63) is 101 Å². The first kappa shape index (κ1) is 18.2. The third-order valence-electron chi connectivity index (χ3n) is 4.43. The van der Waals surface area contributed by atoms with E-state index >= 15 is 0 Å². The minimum absolute atomic E-state index is 0.737. The maximum atomic E-state index is 5.75. The molecule has 1 N–H and O–H groups in total. The van der Waals surface area contributed by atoms with Gasteiger partial charge in [0.05, 0.1) is 0 Å². The normalized spacial score (nSPS) is 10.4. The highest BCUT2D eigenvalue weighted by atomic mass is 32.1. The maximum Gasteiger partial charge on any atom is 0.174 e. The predicted octanol–water partition coefficient (Wildman–Crippen LogP) is 5.70. The summed E-state index contributed by atoms with van der Waals surface area (Å²) in [6, 6.07) is 27.2. The van der Waals surface area contributed by atoms with Crippen LogP contribution in [0.5, 0.6) is 0 Å². The van der Waals surface area contributed by atoms with E-state index in [2.05, 4.69) is 96.9 Å². The van der Waals surface area contributed by atoms with Crippen molar-refractivity contribution in [2.75, 3.05) is 5.32 Å². The van der Waals surface area contributed by atoms with E-state index in [-0.39, 0.29) is 0 Å². The number of hydrogen-bond donors (Lipinski definition) is 1. The Morgan fingerprint density at radius 3 is 2.15 bits per heavy atom. The molecule has 0 spiro atoms. The molecule has 0 aromatic heterocycles. The zero-order valence-corrected chi connectivity index (χ0v) is 16.1. The molecule has 0 aliphatic heterocycles. The molecule has 0 amide bonds. The molecule has 0 radical (unpaired) electrons. The van der Waals surface area contributed by atoms with E-state index < -0.39 is 0 Å². The van der Waals surface area contributed by atoms with Gasteiger partial charge in [0.15, 0.2) is 5.11 Å². The molecule has 0 aliphatic rings. The Labute approximate surface area is 161 Å². The number of thiocarbonyl (C=S) groups is 1. The molecule has 0 saturated heterocycles. The minimum atomic E-state index is 0.737. The van der Waals surface area contributed by atoms with Crippen molar-refractivity contribution in [3.63, 3.8) is 0 Å². The first-order chi connectivity index (χ1) is 12.6. The van der Waals surface area contributed by atoms with Crippen molar-refractivity contribution < 1.29 is 0 Å². The lowest BCUT2D eigenvalue weighted by Gasteiger charge is -2.27. The van der Waals surface area contributed by atoms with Crippen molar-refractivity contribution in [3.8, 4) is 0 Å². The third-order valence-corrected chi connectivity index (χ3v) is 4.79. The number of anilines is 1. The molecule has 3 aromatic rings. The van der Waals surface area contributed by atoms with Crippen molar-refractivity contribution in [1.82, 2.24) is 4.90 Å². The van der Waals surface area contributed by atoms with E-state index in [4.69, 9.17) is 12.2 Å². The maximum absolute atomic E-state index is 5.75. The van der Waals surface area contributed by atoms with E-state index in [0.717, 1.165) is 23.9 Å². The molecule has 0 bridgehead atoms. The SMILES string of the molecule is Cc1ccc(NC(=S)N(Cc2ccccc2)Cc2ccccc2C)cc1. The van der Waals surface area contributed by atoms with Crippen LogP contribution in [-0.4, -0.2) is 10.0 Å². The van der Waals surface area contributed by atoms with Crippen molar-refractivity contribution in [2.45, 2.75) is 26.9 Å². The second-order valence-corrected chi connectivity index (χ2v) is 6.95. The van der Waals surface area contributed by atoms with Crippen LogP contribution in [0.25, 0.3) is 0 Å². The van der Waals surface area contributed by atoms with Crippen LogP contribution in [0.4, 0.5) is 5.69 Å². The zero-order valence-electron chi connectivity index (χ0n) is 15.3. The lowest BCUT2D eigenvalue weighted by atomic mass is 10.1. The standard InChI is InChI=1S/C23H24N2S/c1-18-12-14-22(15-13-18)24-23(26)25(16-20-9-4-3-5-10-20)17-21-11-7-6-8-19(21)2/h3-15H,16-17H2,1-2H3,(H,24,26). The molecule has 132 valence electrons. The summed E-state index contributed by atoms with van der Waals surface area (Å²) in [5.41, 5.74) is 6.07. The average Bonchev–Trinajstić information content (AvgIpc) is 2.65. The molecule has 0 saturated carbocycles. The summed E-state index contributed by atoms with van der Waals surface area (Å²) in [5, 5.41) is 4.12. The van der Waals surface area contributed by atoms with Gasteiger partial charge in [0, 0.05) is 18.8 Å². The van der Waals surface area contributed by atoms with E-state index in [9.17, 15) is 0 Å². The second kappa shape index (κ2) is 8.63. The van der Waals surface area contributed by atoms with Crippen LogP contribution in [0.15, 0.2) is 78.9 Å². The highest BCUT2D eigenvalue weighted by molar-refractivity contribution is 7.80. The predicted molar refractivity (Wildman–Crippen MR) is 114 cm³/mol. The third kappa shape index (κ3) is 4.93. The topological polar surface area (TPSA) is 15.3 Å². The molecule has 26 heavy (non-hydrogen) atoms. The highest BCUT2D eigenvalue weighted by Gasteiger charge is 2.13. The van der Waals surface area contributed by atoms with E-state index in [0.29, 0.717) is 0 Å². The molecule has 0 heterocycles. The Kier molecular flexibility index (Phi) is 6.03. The number of hydrogen-bond acceptors (Lipinski definition) is 1. The van der Waals surface area contributed by atoms with Gasteiger partial charge in [0.2, 0.25) is 0 Å². The summed E-state index contributed by atoms with van der Waals surface area (Å²) in [4.78, 5) is 2.22. The second-order valence-electron chi connectivity index (χ2n) is 6.56. The van der Waals surface area contributed by atoms with Crippen molar-refractivity contribution in [1.29, 1.82) is 0 Å². The molecule has 0 aliphatic carbocycles. The van der Waals surface area contributed by atoms with Crippen LogP contribution in [0.3, 0.4) is 0 Å². The van der Waals surface area contributed by atoms with Gasteiger partial charge in [-0.25, -0.2) is 0 Å². The Morgan fingerprint density at radius 2 is 1.46 bits per heavy atom. The van der Waals surface area contributed by atoms with E-state index in [1.54, 1.807) is 0 Å². The van der Waals surface area contributed by atoms with Crippen LogP contribution in [0.1, 0.15) is 22.3 Å². The van der Waals surface area contributed by atoms with Crippen LogP contribution in [0, 0.1) is 13.8 Å². The summed E-state index contributed by atoms with van der Waals surface area (Å²) in [6.45, 7) is 5.78. The fourth-order valence-corrected chi connectivity index (χ4v) is 3.08. The number of nitrogens with one attached hydrogen (secondary N) is 1. The molecule has 0 atom stereocenters. The molecule has 2 nitrogen and oxygen atoms in total. The van der Waals surface area contributed by atoms with Gasteiger partial charge < -0.3 is 10.2 Å². The van der Waals surface area contributed by atoms with Crippen LogP contribution >= 0.6 is 12.2 Å². The molecule has 3 aromatic carbocycles. The van der Waals surface area contributed by atoms with E-state index in [1.165, 1.54) is 22.3 Å². The molecule has 3 heteroatoms. The number of benzene rings is 3. The minimum Gasteiger partial charge on any atom is -0.340 e. The summed E-state index contributed by atoms with van der Waals surface area (Å²) in [6.07, 6.45) is 0. The van der Waals surface area contributed by atoms with Gasteiger partial charge in [-0.15, -0.1) is 0 Å². The van der Waals surface area contributed by atoms with Crippen LogP contribution < -0.4 is 5.32 Å². The number of aryl methyl sites for hydroxylation is 2. The van der Waals surface area contributed by atoms with Crippen molar-refractivity contribution >= 4 is 23.0 Å². The van der Waals surface area contributed by atoms with Crippen molar-refractivity contribution in [2.24, 2.45) is 0 Å². The van der Waals surface area contributed by atoms with E-state index in [1.807, 2.05) is 6.07 Å². The molecule has 0 fully saturated rings. The number of rotatable bonds is 5. The fourth-order valence-electron chi connectivity index (χ4n) is 2.84. The van der Waals surface area contributed by atoms with Gasteiger partial charge in [0.25, 0.3) is 0 Å². The summed E-state index contributed by atoms with van der Waals surface area (Å²) in [7, 11) is 0. The Morgan fingerprint density at radius 1 is 0.808 bits per heavy atom.